The van der Waals surface area contributed by atoms with E-state index in [-0.39, 0.29) is 36.6 Å². The number of benzene rings is 2. The van der Waals surface area contributed by atoms with Crippen LogP contribution in [0.3, 0.4) is 0 Å². The average molecular weight is 445 g/mol. The van der Waals surface area contributed by atoms with Crippen molar-refractivity contribution in [3.8, 4) is 0 Å². The van der Waals surface area contributed by atoms with Crippen molar-refractivity contribution < 1.29 is 14.4 Å². The van der Waals surface area contributed by atoms with Crippen molar-refractivity contribution in [2.75, 3.05) is 19.6 Å². The van der Waals surface area contributed by atoms with Gasteiger partial charge in [0.2, 0.25) is 11.8 Å². The van der Waals surface area contributed by atoms with Gasteiger partial charge in [0.25, 0.3) is 5.91 Å². The van der Waals surface area contributed by atoms with Crippen LogP contribution in [0, 0.1) is 5.92 Å². The van der Waals surface area contributed by atoms with E-state index in [1.54, 1.807) is 23.4 Å². The topological polar surface area (TPSA) is 91.4 Å². The molecule has 3 aromatic rings. The summed E-state index contributed by atoms with van der Waals surface area (Å²) in [5, 5.41) is 7.88. The van der Waals surface area contributed by atoms with Crippen LogP contribution in [0.25, 0.3) is 10.8 Å². The summed E-state index contributed by atoms with van der Waals surface area (Å²) in [7, 11) is 0. The van der Waals surface area contributed by atoms with Gasteiger partial charge >= 0.3 is 0 Å². The monoisotopic (exact) mass is 444 g/mol. The number of piperidine rings is 1. The van der Waals surface area contributed by atoms with Gasteiger partial charge in [-0.05, 0) is 47.4 Å². The Labute approximate surface area is 193 Å². The van der Waals surface area contributed by atoms with Gasteiger partial charge in [-0.2, -0.15) is 0 Å². The lowest BCUT2D eigenvalue weighted by atomic mass is 9.95. The third kappa shape index (κ3) is 5.94. The standard InChI is InChI=1S/C26H28N4O3/c31-24(9-13-28-26(33)23-8-7-20-5-1-2-6-22(20)16-23)30-14-10-21(11-15-30)25(32)29-18-19-4-3-12-27-17-19/h1-8,12,16-17,21H,9-11,13-15,18H2,(H,28,33)(H,29,32). The van der Waals surface area contributed by atoms with Crippen molar-refractivity contribution in [1.29, 1.82) is 0 Å². The first-order valence-electron chi connectivity index (χ1n) is 11.3. The van der Waals surface area contributed by atoms with Gasteiger partial charge in [0.15, 0.2) is 0 Å². The molecule has 1 saturated heterocycles. The third-order valence-electron chi connectivity index (χ3n) is 6.04. The number of hydrogen-bond acceptors (Lipinski definition) is 4. The van der Waals surface area contributed by atoms with Crippen molar-refractivity contribution in [2.24, 2.45) is 5.92 Å². The lowest BCUT2D eigenvalue weighted by Crippen LogP contribution is -2.43. The second kappa shape index (κ2) is 10.7. The molecule has 0 bridgehead atoms. The molecule has 2 N–H and O–H groups in total. The molecule has 1 fully saturated rings. The van der Waals surface area contributed by atoms with Crippen LogP contribution in [0.4, 0.5) is 0 Å². The van der Waals surface area contributed by atoms with Gasteiger partial charge < -0.3 is 15.5 Å². The lowest BCUT2D eigenvalue weighted by molar-refractivity contribution is -0.135. The molecular weight excluding hydrogens is 416 g/mol. The number of rotatable bonds is 7. The molecule has 0 aliphatic carbocycles. The highest BCUT2D eigenvalue weighted by Gasteiger charge is 2.27. The van der Waals surface area contributed by atoms with E-state index >= 15 is 0 Å². The molecule has 2 aromatic carbocycles. The van der Waals surface area contributed by atoms with Gasteiger partial charge in [0.05, 0.1) is 0 Å². The number of fused-ring (bicyclic) bond motifs is 1. The highest BCUT2D eigenvalue weighted by molar-refractivity contribution is 5.98. The number of hydrogen-bond donors (Lipinski definition) is 2. The zero-order valence-electron chi connectivity index (χ0n) is 18.5. The second-order valence-corrected chi connectivity index (χ2v) is 8.30. The summed E-state index contributed by atoms with van der Waals surface area (Å²) in [4.78, 5) is 43.3. The van der Waals surface area contributed by atoms with Crippen LogP contribution in [-0.4, -0.2) is 47.2 Å². The molecule has 0 saturated carbocycles. The Hall–Kier alpha value is -3.74. The van der Waals surface area contributed by atoms with E-state index in [4.69, 9.17) is 0 Å². The molecule has 170 valence electrons. The predicted octanol–water partition coefficient (Wildman–Crippen LogP) is 2.91. The van der Waals surface area contributed by atoms with E-state index in [1.807, 2.05) is 48.5 Å². The summed E-state index contributed by atoms with van der Waals surface area (Å²) in [6, 6.07) is 17.2. The SMILES string of the molecule is O=C(NCCC(=O)N1CCC(C(=O)NCc2cccnc2)CC1)c1ccc2ccccc2c1. The fourth-order valence-electron chi connectivity index (χ4n) is 4.10. The summed E-state index contributed by atoms with van der Waals surface area (Å²) in [6.07, 6.45) is 4.98. The lowest BCUT2D eigenvalue weighted by Gasteiger charge is -2.31. The maximum Gasteiger partial charge on any atom is 0.251 e. The third-order valence-corrected chi connectivity index (χ3v) is 6.04. The van der Waals surface area contributed by atoms with Crippen molar-refractivity contribution >= 4 is 28.5 Å². The molecule has 1 aliphatic heterocycles. The van der Waals surface area contributed by atoms with Gasteiger partial charge in [-0.3, -0.25) is 19.4 Å². The molecule has 1 aliphatic rings. The molecule has 7 nitrogen and oxygen atoms in total. The molecule has 0 radical (unpaired) electrons. The van der Waals surface area contributed by atoms with Crippen molar-refractivity contribution in [3.63, 3.8) is 0 Å². The first kappa shape index (κ1) is 22.5. The highest BCUT2D eigenvalue weighted by atomic mass is 16.2. The van der Waals surface area contributed by atoms with Crippen molar-refractivity contribution in [3.05, 3.63) is 78.1 Å². The van der Waals surface area contributed by atoms with Gasteiger partial charge in [-0.1, -0.05) is 36.4 Å². The summed E-state index contributed by atoms with van der Waals surface area (Å²) in [5.41, 5.74) is 1.54. The average Bonchev–Trinajstić information content (AvgIpc) is 2.87. The van der Waals surface area contributed by atoms with Crippen LogP contribution in [0.5, 0.6) is 0 Å². The zero-order chi connectivity index (χ0) is 23.0. The minimum atomic E-state index is -0.183. The number of amides is 3. The molecule has 0 spiro atoms. The quantitative estimate of drug-likeness (QED) is 0.586. The fraction of sp³-hybridized carbons (Fsp3) is 0.308. The summed E-state index contributed by atoms with van der Waals surface area (Å²) < 4.78 is 0. The van der Waals surface area contributed by atoms with Crippen LogP contribution in [-0.2, 0) is 16.1 Å². The fourth-order valence-corrected chi connectivity index (χ4v) is 4.10. The normalized spacial score (nSPS) is 14.1. The number of carbonyl (C=O) groups is 3. The predicted molar refractivity (Wildman–Crippen MR) is 126 cm³/mol. The zero-order valence-corrected chi connectivity index (χ0v) is 18.5. The summed E-state index contributed by atoms with van der Waals surface area (Å²) >= 11 is 0. The highest BCUT2D eigenvalue weighted by Crippen LogP contribution is 2.18. The number of likely N-dealkylation sites (tertiary alicyclic amines) is 1. The number of nitrogens with zero attached hydrogens (tertiary/aromatic N) is 2. The Bertz CT molecular complexity index is 1120. The van der Waals surface area contributed by atoms with E-state index in [0.717, 1.165) is 16.3 Å². The Kier molecular flexibility index (Phi) is 7.29. The van der Waals surface area contributed by atoms with E-state index < -0.39 is 0 Å². The minimum absolute atomic E-state index is 0.00281. The van der Waals surface area contributed by atoms with Gasteiger partial charge in [-0.15, -0.1) is 0 Å². The molecule has 0 atom stereocenters. The number of carbonyl (C=O) groups excluding carboxylic acids is 3. The first-order valence-corrected chi connectivity index (χ1v) is 11.3. The van der Waals surface area contributed by atoms with Crippen LogP contribution in [0.2, 0.25) is 0 Å². The van der Waals surface area contributed by atoms with E-state index in [1.165, 1.54) is 0 Å². The molecule has 0 unspecified atom stereocenters. The molecule has 7 heteroatoms. The first-order chi connectivity index (χ1) is 16.1. The largest absolute Gasteiger partial charge is 0.352 e. The Morgan fingerprint density at radius 2 is 1.73 bits per heavy atom. The molecular formula is C26H28N4O3. The summed E-state index contributed by atoms with van der Waals surface area (Å²) in [5.74, 6) is -0.243. The molecule has 1 aromatic heterocycles. The van der Waals surface area contributed by atoms with Gasteiger partial charge in [-0.25, -0.2) is 0 Å². The molecule has 4 rings (SSSR count). The molecule has 3 amide bonds. The Morgan fingerprint density at radius 1 is 0.939 bits per heavy atom. The maximum atomic E-state index is 12.5. The Balaban J connectivity index is 1.17. The number of nitrogens with one attached hydrogen (secondary N) is 2. The Morgan fingerprint density at radius 3 is 2.48 bits per heavy atom. The number of aromatic nitrogens is 1. The summed E-state index contributed by atoms with van der Waals surface area (Å²) in [6.45, 7) is 1.86. The number of pyridine rings is 1. The van der Waals surface area contributed by atoms with E-state index in [2.05, 4.69) is 15.6 Å². The second-order valence-electron chi connectivity index (χ2n) is 8.30. The maximum absolute atomic E-state index is 12.5. The van der Waals surface area contributed by atoms with Gasteiger partial charge in [0, 0.05) is 56.5 Å². The smallest absolute Gasteiger partial charge is 0.251 e. The van der Waals surface area contributed by atoms with Crippen LogP contribution >= 0.6 is 0 Å². The van der Waals surface area contributed by atoms with Gasteiger partial charge in [0.1, 0.15) is 0 Å². The molecule has 2 heterocycles. The van der Waals surface area contributed by atoms with Crippen molar-refractivity contribution in [2.45, 2.75) is 25.8 Å². The van der Waals surface area contributed by atoms with E-state index in [9.17, 15) is 14.4 Å². The van der Waals surface area contributed by atoms with Crippen LogP contribution < -0.4 is 10.6 Å². The van der Waals surface area contributed by atoms with Crippen molar-refractivity contribution in [1.82, 2.24) is 20.5 Å². The minimum Gasteiger partial charge on any atom is -0.352 e. The van der Waals surface area contributed by atoms with Crippen LogP contribution in [0.15, 0.2) is 67.0 Å². The molecule has 33 heavy (non-hydrogen) atoms. The van der Waals surface area contributed by atoms with Crippen LogP contribution in [0.1, 0.15) is 35.2 Å². The van der Waals surface area contributed by atoms with E-state index in [0.29, 0.717) is 38.0 Å².